The normalized spacial score (nSPS) is 10.9. The first-order chi connectivity index (χ1) is 14.9. The zero-order valence-electron chi connectivity index (χ0n) is 17.1. The lowest BCUT2D eigenvalue weighted by Crippen LogP contribution is -2.29. The van der Waals surface area contributed by atoms with Gasteiger partial charge in [-0.1, -0.05) is 35.9 Å². The lowest BCUT2D eigenvalue weighted by atomic mass is 10.1. The number of aromatic nitrogens is 1. The molecule has 1 amide bonds. The van der Waals surface area contributed by atoms with Crippen LogP contribution in [0.2, 0.25) is 0 Å². The van der Waals surface area contributed by atoms with Crippen LogP contribution in [0.1, 0.15) is 11.1 Å². The highest BCUT2D eigenvalue weighted by Crippen LogP contribution is 2.29. The van der Waals surface area contributed by atoms with Gasteiger partial charge in [-0.2, -0.15) is 8.78 Å². The van der Waals surface area contributed by atoms with Crippen molar-refractivity contribution in [2.75, 3.05) is 13.7 Å². The SMILES string of the molecule is COc1cc(CCNC(=O)Cn2c(-c3ccc(C)cc3)csc2=S)ccc1OC(F)F. The average Bonchev–Trinajstić information content (AvgIpc) is 3.09. The quantitative estimate of drug-likeness (QED) is 0.441. The maximum absolute atomic E-state index is 12.5. The molecule has 0 aliphatic carbocycles. The summed E-state index contributed by atoms with van der Waals surface area (Å²) in [5.41, 5.74) is 3.90. The van der Waals surface area contributed by atoms with Gasteiger partial charge in [0.2, 0.25) is 5.91 Å². The third kappa shape index (κ3) is 6.11. The van der Waals surface area contributed by atoms with Gasteiger partial charge in [0.05, 0.1) is 12.8 Å². The first-order valence-electron chi connectivity index (χ1n) is 9.51. The Labute approximate surface area is 188 Å². The zero-order valence-corrected chi connectivity index (χ0v) is 18.7. The number of hydrogen-bond donors (Lipinski definition) is 1. The second-order valence-corrected chi connectivity index (χ2v) is 8.31. The molecule has 2 aromatic carbocycles. The van der Waals surface area contributed by atoms with Crippen LogP contribution in [-0.2, 0) is 17.8 Å². The van der Waals surface area contributed by atoms with E-state index in [0.717, 1.165) is 22.4 Å². The van der Waals surface area contributed by atoms with Gasteiger partial charge in [0.15, 0.2) is 15.5 Å². The highest BCUT2D eigenvalue weighted by atomic mass is 32.1. The summed E-state index contributed by atoms with van der Waals surface area (Å²) in [7, 11) is 1.38. The van der Waals surface area contributed by atoms with Crippen molar-refractivity contribution in [3.8, 4) is 22.8 Å². The molecular weight excluding hydrogens is 442 g/mol. The van der Waals surface area contributed by atoms with Crippen LogP contribution in [0.15, 0.2) is 47.8 Å². The molecule has 0 saturated heterocycles. The van der Waals surface area contributed by atoms with Crippen molar-refractivity contribution in [3.05, 3.63) is 62.9 Å². The number of thiazole rings is 1. The van der Waals surface area contributed by atoms with Gasteiger partial charge in [-0.15, -0.1) is 11.3 Å². The summed E-state index contributed by atoms with van der Waals surface area (Å²) >= 11 is 6.82. The van der Waals surface area contributed by atoms with E-state index >= 15 is 0 Å². The summed E-state index contributed by atoms with van der Waals surface area (Å²) in [5.74, 6) is 0.0321. The van der Waals surface area contributed by atoms with Crippen LogP contribution < -0.4 is 14.8 Å². The minimum Gasteiger partial charge on any atom is -0.493 e. The van der Waals surface area contributed by atoms with Crippen molar-refractivity contribution in [3.63, 3.8) is 0 Å². The van der Waals surface area contributed by atoms with Gasteiger partial charge in [0.1, 0.15) is 6.54 Å². The van der Waals surface area contributed by atoms with Crippen LogP contribution in [0.4, 0.5) is 8.78 Å². The number of alkyl halides is 2. The largest absolute Gasteiger partial charge is 0.493 e. The maximum Gasteiger partial charge on any atom is 0.387 e. The van der Waals surface area contributed by atoms with Crippen LogP contribution >= 0.6 is 23.6 Å². The summed E-state index contributed by atoms with van der Waals surface area (Å²) in [6.45, 7) is -0.399. The fourth-order valence-corrected chi connectivity index (χ4v) is 4.11. The Hall–Kier alpha value is -2.78. The Morgan fingerprint density at radius 3 is 2.61 bits per heavy atom. The van der Waals surface area contributed by atoms with Crippen molar-refractivity contribution < 1.29 is 23.0 Å². The van der Waals surface area contributed by atoms with E-state index in [1.54, 1.807) is 12.1 Å². The number of halogens is 2. The van der Waals surface area contributed by atoms with E-state index in [-0.39, 0.29) is 24.0 Å². The molecule has 0 fully saturated rings. The van der Waals surface area contributed by atoms with E-state index in [0.29, 0.717) is 16.9 Å². The molecule has 0 atom stereocenters. The number of nitrogens with one attached hydrogen (secondary N) is 1. The van der Waals surface area contributed by atoms with Gasteiger partial charge in [0, 0.05) is 11.9 Å². The predicted octanol–water partition coefficient (Wildman–Crippen LogP) is 5.22. The van der Waals surface area contributed by atoms with Gasteiger partial charge in [-0.05, 0) is 48.8 Å². The smallest absolute Gasteiger partial charge is 0.387 e. The highest BCUT2D eigenvalue weighted by molar-refractivity contribution is 7.73. The molecule has 31 heavy (non-hydrogen) atoms. The predicted molar refractivity (Wildman–Crippen MR) is 120 cm³/mol. The Bertz CT molecular complexity index is 1090. The number of carbonyl (C=O) groups excluding carboxylic acids is 1. The van der Waals surface area contributed by atoms with Crippen LogP contribution in [0.3, 0.4) is 0 Å². The molecule has 164 valence electrons. The summed E-state index contributed by atoms with van der Waals surface area (Å²) < 4.78 is 36.8. The number of benzene rings is 2. The van der Waals surface area contributed by atoms with Gasteiger partial charge in [0.25, 0.3) is 0 Å². The minimum atomic E-state index is -2.92. The number of hydrogen-bond acceptors (Lipinski definition) is 5. The van der Waals surface area contributed by atoms with Crippen molar-refractivity contribution in [2.45, 2.75) is 26.5 Å². The third-order valence-corrected chi connectivity index (χ3v) is 5.88. The Balaban J connectivity index is 1.60. The summed E-state index contributed by atoms with van der Waals surface area (Å²) in [4.78, 5) is 12.5. The molecule has 3 aromatic rings. The molecule has 1 aromatic heterocycles. The van der Waals surface area contributed by atoms with E-state index in [9.17, 15) is 13.6 Å². The lowest BCUT2D eigenvalue weighted by Gasteiger charge is -2.12. The van der Waals surface area contributed by atoms with E-state index in [2.05, 4.69) is 10.1 Å². The molecule has 0 bridgehead atoms. The zero-order chi connectivity index (χ0) is 22.4. The van der Waals surface area contributed by atoms with Crippen LogP contribution in [-0.4, -0.2) is 30.7 Å². The molecule has 0 saturated carbocycles. The number of rotatable bonds is 9. The molecule has 1 heterocycles. The van der Waals surface area contributed by atoms with E-state index < -0.39 is 6.61 Å². The molecule has 9 heteroatoms. The Morgan fingerprint density at radius 2 is 1.94 bits per heavy atom. The first kappa shape index (κ1) is 22.9. The van der Waals surface area contributed by atoms with Crippen LogP contribution in [0.25, 0.3) is 11.3 Å². The van der Waals surface area contributed by atoms with Crippen molar-refractivity contribution in [2.24, 2.45) is 0 Å². The lowest BCUT2D eigenvalue weighted by molar-refractivity contribution is -0.121. The third-order valence-electron chi connectivity index (χ3n) is 4.61. The molecule has 0 unspecified atom stereocenters. The average molecular weight is 465 g/mol. The number of ether oxygens (including phenoxy) is 2. The van der Waals surface area contributed by atoms with Crippen molar-refractivity contribution in [1.29, 1.82) is 0 Å². The molecule has 0 radical (unpaired) electrons. The number of carbonyl (C=O) groups is 1. The molecule has 5 nitrogen and oxygen atoms in total. The van der Waals surface area contributed by atoms with Gasteiger partial charge >= 0.3 is 6.61 Å². The second kappa shape index (κ2) is 10.5. The fourth-order valence-electron chi connectivity index (χ4n) is 3.04. The summed E-state index contributed by atoms with van der Waals surface area (Å²) in [6.07, 6.45) is 0.511. The van der Waals surface area contributed by atoms with Crippen LogP contribution in [0, 0.1) is 10.9 Å². The van der Waals surface area contributed by atoms with Gasteiger partial charge in [-0.25, -0.2) is 0 Å². The number of nitrogens with zero attached hydrogens (tertiary/aromatic N) is 1. The number of methoxy groups -OCH3 is 1. The van der Waals surface area contributed by atoms with Crippen molar-refractivity contribution in [1.82, 2.24) is 9.88 Å². The molecular formula is C22H22F2N2O3S2. The molecule has 0 spiro atoms. The summed E-state index contributed by atoms with van der Waals surface area (Å²) in [5, 5.41) is 4.83. The van der Waals surface area contributed by atoms with E-state index in [1.165, 1.54) is 24.5 Å². The van der Waals surface area contributed by atoms with Gasteiger partial charge in [-0.3, -0.25) is 4.79 Å². The standard InChI is InChI=1S/C22H22F2N2O3S2/c1-14-3-6-16(7-4-14)17-13-31-22(30)26(17)12-20(27)25-10-9-15-5-8-18(29-21(23)24)19(11-15)28-2/h3-8,11,13,21H,9-10,12H2,1-2H3,(H,25,27). The second-order valence-electron chi connectivity index (χ2n) is 6.80. The van der Waals surface area contributed by atoms with Crippen LogP contribution in [0.5, 0.6) is 11.5 Å². The van der Waals surface area contributed by atoms with Gasteiger partial charge < -0.3 is 19.4 Å². The Morgan fingerprint density at radius 1 is 1.19 bits per heavy atom. The minimum absolute atomic E-state index is 0.0271. The summed E-state index contributed by atoms with van der Waals surface area (Å²) in [6, 6.07) is 12.8. The fraction of sp³-hybridized carbons (Fsp3) is 0.273. The van der Waals surface area contributed by atoms with E-state index in [1.807, 2.05) is 41.1 Å². The monoisotopic (exact) mass is 464 g/mol. The highest BCUT2D eigenvalue weighted by Gasteiger charge is 2.13. The Kier molecular flexibility index (Phi) is 7.75. The molecule has 1 N–H and O–H groups in total. The topological polar surface area (TPSA) is 52.5 Å². The maximum atomic E-state index is 12.5. The molecule has 0 aliphatic heterocycles. The molecule has 3 rings (SSSR count). The molecule has 0 aliphatic rings. The first-order valence-corrected chi connectivity index (χ1v) is 10.8. The van der Waals surface area contributed by atoms with Crippen molar-refractivity contribution >= 4 is 29.5 Å². The number of aryl methyl sites for hydroxylation is 1. The number of amides is 1. The van der Waals surface area contributed by atoms with E-state index in [4.69, 9.17) is 17.0 Å².